The Morgan fingerprint density at radius 2 is 2.00 bits per heavy atom. The fourth-order valence-corrected chi connectivity index (χ4v) is 2.64. The van der Waals surface area contributed by atoms with Gasteiger partial charge in [-0.15, -0.1) is 13.2 Å². The number of carboxylic acids is 1. The van der Waals surface area contributed by atoms with E-state index in [1.165, 1.54) is 17.0 Å². The SMILES string of the molecule is CN(CC(=O)O)CC1CN(C(=O)c2ccc(OC(F)(F)F)cc2)CCO1. The van der Waals surface area contributed by atoms with Gasteiger partial charge in [-0.05, 0) is 31.3 Å². The van der Waals surface area contributed by atoms with E-state index in [1.807, 2.05) is 0 Å². The molecule has 0 aromatic heterocycles. The van der Waals surface area contributed by atoms with Gasteiger partial charge >= 0.3 is 12.3 Å². The number of amides is 1. The van der Waals surface area contributed by atoms with E-state index < -0.39 is 18.1 Å². The van der Waals surface area contributed by atoms with Crippen molar-refractivity contribution in [3.8, 4) is 5.75 Å². The summed E-state index contributed by atoms with van der Waals surface area (Å²) in [6.45, 7) is 1.11. The van der Waals surface area contributed by atoms with E-state index in [2.05, 4.69) is 4.74 Å². The van der Waals surface area contributed by atoms with Crippen molar-refractivity contribution >= 4 is 11.9 Å². The summed E-state index contributed by atoms with van der Waals surface area (Å²) in [4.78, 5) is 26.3. The number of carbonyl (C=O) groups excluding carboxylic acids is 1. The van der Waals surface area contributed by atoms with Gasteiger partial charge in [-0.3, -0.25) is 14.5 Å². The zero-order valence-corrected chi connectivity index (χ0v) is 14.0. The van der Waals surface area contributed by atoms with E-state index in [-0.39, 0.29) is 30.7 Å². The number of likely N-dealkylation sites (N-methyl/N-ethyl adjacent to an activating group) is 1. The van der Waals surface area contributed by atoms with E-state index in [9.17, 15) is 22.8 Å². The first kappa shape index (κ1) is 20.0. The first-order valence-corrected chi connectivity index (χ1v) is 7.81. The summed E-state index contributed by atoms with van der Waals surface area (Å²) in [7, 11) is 1.64. The monoisotopic (exact) mass is 376 g/mol. The van der Waals surface area contributed by atoms with Crippen LogP contribution in [-0.4, -0.2) is 79.1 Å². The van der Waals surface area contributed by atoms with E-state index in [0.29, 0.717) is 19.7 Å². The number of carbonyl (C=O) groups is 2. The van der Waals surface area contributed by atoms with Crippen molar-refractivity contribution in [1.82, 2.24) is 9.80 Å². The fraction of sp³-hybridized carbons (Fsp3) is 0.500. The highest BCUT2D eigenvalue weighted by Gasteiger charge is 2.31. The summed E-state index contributed by atoms with van der Waals surface area (Å²) in [5.41, 5.74) is 0.235. The summed E-state index contributed by atoms with van der Waals surface area (Å²) in [5, 5.41) is 8.77. The number of hydrogen-bond donors (Lipinski definition) is 1. The van der Waals surface area contributed by atoms with Crippen LogP contribution in [0.2, 0.25) is 0 Å². The molecule has 0 bridgehead atoms. The molecule has 1 saturated heterocycles. The number of halogens is 3. The van der Waals surface area contributed by atoms with Gasteiger partial charge in [0.05, 0.1) is 19.3 Å². The molecule has 0 aliphatic carbocycles. The summed E-state index contributed by atoms with van der Waals surface area (Å²) in [6, 6.07) is 4.70. The summed E-state index contributed by atoms with van der Waals surface area (Å²) < 4.78 is 45.8. The second-order valence-electron chi connectivity index (χ2n) is 5.91. The van der Waals surface area contributed by atoms with Crippen molar-refractivity contribution in [3.05, 3.63) is 29.8 Å². The smallest absolute Gasteiger partial charge is 0.480 e. The number of rotatable bonds is 6. The molecule has 0 saturated carbocycles. The van der Waals surface area contributed by atoms with Crippen molar-refractivity contribution in [1.29, 1.82) is 0 Å². The normalized spacial score (nSPS) is 18.0. The van der Waals surface area contributed by atoms with Gasteiger partial charge in [-0.25, -0.2) is 0 Å². The van der Waals surface area contributed by atoms with E-state index in [4.69, 9.17) is 9.84 Å². The lowest BCUT2D eigenvalue weighted by Gasteiger charge is -2.34. The largest absolute Gasteiger partial charge is 0.573 e. The van der Waals surface area contributed by atoms with Crippen molar-refractivity contribution in [2.24, 2.45) is 0 Å². The minimum atomic E-state index is -4.79. The molecule has 2 rings (SSSR count). The first-order chi connectivity index (χ1) is 12.1. The maximum absolute atomic E-state index is 12.5. The van der Waals surface area contributed by atoms with Crippen LogP contribution < -0.4 is 4.74 Å². The Hall–Kier alpha value is -2.33. The molecule has 1 fully saturated rings. The Morgan fingerprint density at radius 3 is 2.58 bits per heavy atom. The van der Waals surface area contributed by atoms with Gasteiger partial charge in [0.25, 0.3) is 5.91 Å². The van der Waals surface area contributed by atoms with Crippen LogP contribution in [0, 0.1) is 0 Å². The number of morpholine rings is 1. The first-order valence-electron chi connectivity index (χ1n) is 7.81. The summed E-state index contributed by atoms with van der Waals surface area (Å²) >= 11 is 0. The molecule has 1 amide bonds. The van der Waals surface area contributed by atoms with E-state index >= 15 is 0 Å². The molecule has 1 aromatic carbocycles. The van der Waals surface area contributed by atoms with Gasteiger partial charge < -0.3 is 19.5 Å². The molecule has 1 aliphatic heterocycles. The molecule has 1 aromatic rings. The van der Waals surface area contributed by atoms with Crippen LogP contribution >= 0.6 is 0 Å². The Labute approximate surface area is 147 Å². The van der Waals surface area contributed by atoms with Gasteiger partial charge in [0.1, 0.15) is 5.75 Å². The van der Waals surface area contributed by atoms with Crippen LogP contribution in [0.3, 0.4) is 0 Å². The summed E-state index contributed by atoms with van der Waals surface area (Å²) in [6.07, 6.45) is -5.13. The third-order valence-corrected chi connectivity index (χ3v) is 3.68. The lowest BCUT2D eigenvalue weighted by molar-refractivity contribution is -0.274. The van der Waals surface area contributed by atoms with Crippen molar-refractivity contribution in [2.45, 2.75) is 12.5 Å². The highest BCUT2D eigenvalue weighted by atomic mass is 19.4. The standard InChI is InChI=1S/C16H19F3N2O5/c1-20(10-14(22)23)8-13-9-21(6-7-25-13)15(24)11-2-4-12(5-3-11)26-16(17,18)19/h2-5,13H,6-10H2,1H3,(H,22,23). The zero-order chi connectivity index (χ0) is 19.3. The Balaban J connectivity index is 1.95. The highest BCUT2D eigenvalue weighted by Crippen LogP contribution is 2.23. The number of carboxylic acid groups (broad SMARTS) is 1. The van der Waals surface area contributed by atoms with Crippen molar-refractivity contribution < 1.29 is 37.3 Å². The van der Waals surface area contributed by atoms with Crippen LogP contribution in [0.25, 0.3) is 0 Å². The average Bonchev–Trinajstić information content (AvgIpc) is 2.53. The van der Waals surface area contributed by atoms with Gasteiger partial charge in [-0.1, -0.05) is 0 Å². The molecule has 1 atom stereocenters. The van der Waals surface area contributed by atoms with Crippen molar-refractivity contribution in [3.63, 3.8) is 0 Å². The van der Waals surface area contributed by atoms with Crippen LogP contribution in [0.5, 0.6) is 5.75 Å². The molecule has 1 heterocycles. The summed E-state index contributed by atoms with van der Waals surface area (Å²) in [5.74, 6) is -1.70. The van der Waals surface area contributed by atoms with Crippen LogP contribution in [0.4, 0.5) is 13.2 Å². The van der Waals surface area contributed by atoms with Gasteiger partial charge in [-0.2, -0.15) is 0 Å². The molecule has 10 heteroatoms. The molecular weight excluding hydrogens is 357 g/mol. The molecule has 0 radical (unpaired) electrons. The zero-order valence-electron chi connectivity index (χ0n) is 14.0. The number of alkyl halides is 3. The van der Waals surface area contributed by atoms with Crippen LogP contribution in [0.1, 0.15) is 10.4 Å². The van der Waals surface area contributed by atoms with Crippen LogP contribution in [-0.2, 0) is 9.53 Å². The van der Waals surface area contributed by atoms with Gasteiger partial charge in [0.2, 0.25) is 0 Å². The van der Waals surface area contributed by atoms with E-state index in [0.717, 1.165) is 12.1 Å². The maximum Gasteiger partial charge on any atom is 0.573 e. The minimum absolute atomic E-state index is 0.144. The Kier molecular flexibility index (Phi) is 6.43. The number of benzene rings is 1. The van der Waals surface area contributed by atoms with Gasteiger partial charge in [0.15, 0.2) is 0 Å². The van der Waals surface area contributed by atoms with Crippen LogP contribution in [0.15, 0.2) is 24.3 Å². The lowest BCUT2D eigenvalue weighted by atomic mass is 10.1. The topological polar surface area (TPSA) is 79.3 Å². The average molecular weight is 376 g/mol. The third kappa shape index (κ3) is 6.19. The van der Waals surface area contributed by atoms with Crippen molar-refractivity contribution in [2.75, 3.05) is 39.8 Å². The second kappa shape index (κ2) is 8.37. The molecular formula is C16H19F3N2O5. The minimum Gasteiger partial charge on any atom is -0.480 e. The second-order valence-corrected chi connectivity index (χ2v) is 5.91. The highest BCUT2D eigenvalue weighted by molar-refractivity contribution is 5.94. The maximum atomic E-state index is 12.5. The molecule has 144 valence electrons. The Morgan fingerprint density at radius 1 is 1.35 bits per heavy atom. The molecule has 7 nitrogen and oxygen atoms in total. The number of nitrogens with zero attached hydrogens (tertiary/aromatic N) is 2. The molecule has 26 heavy (non-hydrogen) atoms. The number of hydrogen-bond acceptors (Lipinski definition) is 5. The quantitative estimate of drug-likeness (QED) is 0.810. The Bertz CT molecular complexity index is 636. The van der Waals surface area contributed by atoms with E-state index in [1.54, 1.807) is 11.9 Å². The molecule has 1 unspecified atom stereocenters. The fourth-order valence-electron chi connectivity index (χ4n) is 2.64. The predicted molar refractivity (Wildman–Crippen MR) is 83.9 cm³/mol. The number of ether oxygens (including phenoxy) is 2. The molecule has 1 N–H and O–H groups in total. The number of aliphatic carboxylic acids is 1. The molecule has 1 aliphatic rings. The predicted octanol–water partition coefficient (Wildman–Crippen LogP) is 1.44. The third-order valence-electron chi connectivity index (χ3n) is 3.68. The molecule has 0 spiro atoms. The lowest BCUT2D eigenvalue weighted by Crippen LogP contribution is -2.49. The van der Waals surface area contributed by atoms with Gasteiger partial charge in [0, 0.05) is 25.2 Å².